The number of carbonyl (C=O) groups excluding carboxylic acids is 1. The highest BCUT2D eigenvalue weighted by atomic mass is 32.2. The van der Waals surface area contributed by atoms with Gasteiger partial charge in [0, 0.05) is 16.2 Å². The number of carbonyl (C=O) groups is 1. The first-order valence-electron chi connectivity index (χ1n) is 7.80. The van der Waals surface area contributed by atoms with Gasteiger partial charge in [0.05, 0.1) is 6.20 Å². The number of thioether (sulfide) groups is 1. The molecule has 1 saturated carbocycles. The van der Waals surface area contributed by atoms with Crippen molar-refractivity contribution in [1.29, 1.82) is 0 Å². The molecule has 8 heteroatoms. The fraction of sp³-hybridized carbons (Fsp3) is 0.375. The fourth-order valence-electron chi connectivity index (χ4n) is 2.99. The Balaban J connectivity index is 1.69. The Morgan fingerprint density at radius 2 is 2.04 bits per heavy atom. The van der Waals surface area contributed by atoms with E-state index in [0.29, 0.717) is 6.54 Å². The number of hydrogen-bond acceptors (Lipinski definition) is 5. The lowest BCUT2D eigenvalue weighted by Crippen LogP contribution is -2.38. The minimum Gasteiger partial charge on any atom is -0.358 e. The van der Waals surface area contributed by atoms with E-state index in [4.69, 9.17) is 0 Å². The van der Waals surface area contributed by atoms with E-state index in [-0.39, 0.29) is 16.1 Å². The molecule has 0 bridgehead atoms. The van der Waals surface area contributed by atoms with Crippen LogP contribution in [0.2, 0.25) is 0 Å². The van der Waals surface area contributed by atoms with Crippen LogP contribution in [0.25, 0.3) is 0 Å². The van der Waals surface area contributed by atoms with Gasteiger partial charge in [0.1, 0.15) is 0 Å². The van der Waals surface area contributed by atoms with Crippen molar-refractivity contribution in [2.24, 2.45) is 0 Å². The average molecular weight is 346 g/mol. The molecule has 2 aromatic rings. The topological polar surface area (TPSA) is 101 Å². The second-order valence-corrected chi connectivity index (χ2v) is 7.42. The molecule has 0 saturated heterocycles. The van der Waals surface area contributed by atoms with Gasteiger partial charge in [0.2, 0.25) is 0 Å². The van der Waals surface area contributed by atoms with Crippen molar-refractivity contribution in [3.63, 3.8) is 0 Å². The van der Waals surface area contributed by atoms with Crippen molar-refractivity contribution in [1.82, 2.24) is 15.5 Å². The summed E-state index contributed by atoms with van der Waals surface area (Å²) in [7, 11) is 0. The van der Waals surface area contributed by atoms with Crippen LogP contribution in [0.15, 0.2) is 41.4 Å². The Labute approximate surface area is 143 Å². The minimum absolute atomic E-state index is 0.0298. The first-order chi connectivity index (χ1) is 11.6. The SMILES string of the molecule is O=C(NCC1(Sc2ccccc2)CCCC1)c1cn[nH]c1[N+](=O)[O-]. The summed E-state index contributed by atoms with van der Waals surface area (Å²) in [5, 5.41) is 19.6. The van der Waals surface area contributed by atoms with Gasteiger partial charge >= 0.3 is 5.82 Å². The molecule has 1 aromatic heterocycles. The minimum atomic E-state index is -0.633. The number of hydrogen-bond donors (Lipinski definition) is 2. The fourth-order valence-corrected chi connectivity index (χ4v) is 4.42. The molecule has 0 aliphatic heterocycles. The van der Waals surface area contributed by atoms with Crippen LogP contribution < -0.4 is 5.32 Å². The van der Waals surface area contributed by atoms with E-state index in [1.54, 1.807) is 11.8 Å². The van der Waals surface area contributed by atoms with Crippen molar-refractivity contribution < 1.29 is 9.72 Å². The third-order valence-corrected chi connectivity index (χ3v) is 5.70. The molecule has 1 fully saturated rings. The van der Waals surface area contributed by atoms with E-state index >= 15 is 0 Å². The normalized spacial score (nSPS) is 16.0. The molecular formula is C16H18N4O3S. The molecule has 1 aliphatic carbocycles. The lowest BCUT2D eigenvalue weighted by molar-refractivity contribution is -0.389. The van der Waals surface area contributed by atoms with Crippen LogP contribution >= 0.6 is 11.8 Å². The van der Waals surface area contributed by atoms with Crippen LogP contribution in [0.5, 0.6) is 0 Å². The summed E-state index contributed by atoms with van der Waals surface area (Å²) in [6.45, 7) is 0.480. The monoisotopic (exact) mass is 346 g/mol. The summed E-state index contributed by atoms with van der Waals surface area (Å²) >= 11 is 1.78. The van der Waals surface area contributed by atoms with Crippen molar-refractivity contribution in [3.05, 3.63) is 52.2 Å². The third-order valence-electron chi connectivity index (χ3n) is 4.21. The van der Waals surface area contributed by atoms with Crippen molar-refractivity contribution >= 4 is 23.5 Å². The summed E-state index contributed by atoms with van der Waals surface area (Å²) in [6.07, 6.45) is 5.48. The lowest BCUT2D eigenvalue weighted by Gasteiger charge is -2.28. The second kappa shape index (κ2) is 7.04. The van der Waals surface area contributed by atoms with Crippen molar-refractivity contribution in [2.45, 2.75) is 35.3 Å². The average Bonchev–Trinajstić information content (AvgIpc) is 3.23. The van der Waals surface area contributed by atoms with E-state index < -0.39 is 10.8 Å². The number of rotatable bonds is 6. The Bertz CT molecular complexity index is 726. The van der Waals surface area contributed by atoms with Gasteiger partial charge in [-0.15, -0.1) is 16.9 Å². The van der Waals surface area contributed by atoms with Gasteiger partial charge in [-0.25, -0.2) is 0 Å². The second-order valence-electron chi connectivity index (χ2n) is 5.88. The summed E-state index contributed by atoms with van der Waals surface area (Å²) in [5.74, 6) is -0.834. The Hall–Kier alpha value is -2.35. The zero-order chi connectivity index (χ0) is 17.0. The zero-order valence-corrected chi connectivity index (χ0v) is 13.8. The first-order valence-corrected chi connectivity index (χ1v) is 8.61. The molecule has 0 unspecified atom stereocenters. The van der Waals surface area contributed by atoms with E-state index in [1.807, 2.05) is 18.2 Å². The van der Waals surface area contributed by atoms with E-state index in [0.717, 1.165) is 25.7 Å². The van der Waals surface area contributed by atoms with E-state index in [2.05, 4.69) is 27.6 Å². The van der Waals surface area contributed by atoms with Crippen molar-refractivity contribution in [2.75, 3.05) is 6.54 Å². The molecule has 0 radical (unpaired) electrons. The maximum Gasteiger partial charge on any atom is 0.355 e. The number of nitrogens with zero attached hydrogens (tertiary/aromatic N) is 2. The van der Waals surface area contributed by atoms with Gasteiger partial charge in [-0.2, -0.15) is 0 Å². The smallest absolute Gasteiger partial charge is 0.355 e. The zero-order valence-electron chi connectivity index (χ0n) is 13.0. The molecule has 24 heavy (non-hydrogen) atoms. The van der Waals surface area contributed by atoms with Gasteiger partial charge in [0.25, 0.3) is 5.91 Å². The summed E-state index contributed by atoms with van der Waals surface area (Å²) < 4.78 is -0.0600. The van der Waals surface area contributed by atoms with Gasteiger partial charge < -0.3 is 15.4 Å². The first kappa shape index (κ1) is 16.5. The molecule has 0 spiro atoms. The lowest BCUT2D eigenvalue weighted by atomic mass is 10.1. The largest absolute Gasteiger partial charge is 0.358 e. The van der Waals surface area contributed by atoms with E-state index in [9.17, 15) is 14.9 Å². The van der Waals surface area contributed by atoms with Gasteiger partial charge in [-0.3, -0.25) is 4.79 Å². The molecule has 1 aromatic carbocycles. The van der Waals surface area contributed by atoms with Crippen LogP contribution in [-0.2, 0) is 0 Å². The molecule has 1 aliphatic rings. The molecule has 0 atom stereocenters. The molecule has 1 heterocycles. The van der Waals surface area contributed by atoms with Crippen LogP contribution in [0, 0.1) is 10.1 Å². The molecule has 7 nitrogen and oxygen atoms in total. The van der Waals surface area contributed by atoms with Gasteiger partial charge in [-0.05, 0) is 29.9 Å². The summed E-state index contributed by atoms with van der Waals surface area (Å²) in [4.78, 5) is 23.7. The predicted molar refractivity (Wildman–Crippen MR) is 91.1 cm³/mol. The maximum absolute atomic E-state index is 12.3. The molecule has 3 rings (SSSR count). The standard InChI is InChI=1S/C16H18N4O3S/c21-15(13-10-18-19-14(13)20(22)23)17-11-16(8-4-5-9-16)24-12-6-2-1-3-7-12/h1-3,6-7,10H,4-5,8-9,11H2,(H,17,21)(H,18,19). The predicted octanol–water partition coefficient (Wildman–Crippen LogP) is 3.15. The number of aromatic amines is 1. The Kier molecular flexibility index (Phi) is 4.84. The Morgan fingerprint density at radius 3 is 2.71 bits per heavy atom. The molecular weight excluding hydrogens is 328 g/mol. The quantitative estimate of drug-likeness (QED) is 0.618. The van der Waals surface area contributed by atoms with Crippen molar-refractivity contribution in [3.8, 4) is 0 Å². The molecule has 1 amide bonds. The number of nitrogens with one attached hydrogen (secondary N) is 2. The van der Waals surface area contributed by atoms with Crippen LogP contribution in [-0.4, -0.2) is 32.3 Å². The van der Waals surface area contributed by atoms with Gasteiger partial charge in [-0.1, -0.05) is 36.1 Å². The number of benzene rings is 1. The highest BCUT2D eigenvalue weighted by Crippen LogP contribution is 2.44. The maximum atomic E-state index is 12.3. The highest BCUT2D eigenvalue weighted by Gasteiger charge is 2.36. The molecule has 2 N–H and O–H groups in total. The number of aromatic nitrogens is 2. The van der Waals surface area contributed by atoms with Gasteiger partial charge in [0.15, 0.2) is 5.56 Å². The number of H-pyrrole nitrogens is 1. The van der Waals surface area contributed by atoms with Crippen LogP contribution in [0.4, 0.5) is 5.82 Å². The van der Waals surface area contributed by atoms with E-state index in [1.165, 1.54) is 11.1 Å². The highest BCUT2D eigenvalue weighted by molar-refractivity contribution is 8.00. The Morgan fingerprint density at radius 1 is 1.33 bits per heavy atom. The third kappa shape index (κ3) is 3.59. The molecule has 126 valence electrons. The summed E-state index contributed by atoms with van der Waals surface area (Å²) in [6, 6.07) is 10.1. The summed E-state index contributed by atoms with van der Waals surface area (Å²) in [5.41, 5.74) is -0.0298. The number of amides is 1. The van der Waals surface area contributed by atoms with Crippen LogP contribution in [0.1, 0.15) is 36.0 Å². The number of nitro groups is 1. The van der Waals surface area contributed by atoms with Crippen LogP contribution in [0.3, 0.4) is 0 Å².